The van der Waals surface area contributed by atoms with Crippen LogP contribution in [0.3, 0.4) is 0 Å². The first-order valence-electron chi connectivity index (χ1n) is 5.86. The summed E-state index contributed by atoms with van der Waals surface area (Å²) < 4.78 is 55.1. The van der Waals surface area contributed by atoms with E-state index in [2.05, 4.69) is 4.74 Å². The Bertz CT molecular complexity index is 717. The fourth-order valence-electron chi connectivity index (χ4n) is 1.86. The molecule has 0 atom stereocenters. The number of ether oxygens (including phenoxy) is 1. The highest BCUT2D eigenvalue weighted by Gasteiger charge is 2.32. The number of hydrogen-bond acceptors (Lipinski definition) is 2. The molecule has 2 aromatic rings. The Morgan fingerprint density at radius 3 is 2.29 bits per heavy atom. The second-order valence-electron chi connectivity index (χ2n) is 4.35. The molecule has 0 aliphatic carbocycles. The third-order valence-corrected chi connectivity index (χ3v) is 2.75. The summed E-state index contributed by atoms with van der Waals surface area (Å²) in [6.45, 7) is 1.67. The molecule has 6 heteroatoms. The van der Waals surface area contributed by atoms with E-state index in [0.717, 1.165) is 6.07 Å². The Kier molecular flexibility index (Phi) is 3.85. The SMILES string of the molecule is Cc1ccc(-c2ccc(C#N)cc2OC(F)(F)F)c(F)c1. The van der Waals surface area contributed by atoms with Crippen LogP contribution in [0.15, 0.2) is 36.4 Å². The van der Waals surface area contributed by atoms with Crippen LogP contribution in [-0.4, -0.2) is 6.36 Å². The smallest absolute Gasteiger partial charge is 0.405 e. The van der Waals surface area contributed by atoms with Crippen LogP contribution in [0, 0.1) is 24.1 Å². The van der Waals surface area contributed by atoms with Crippen molar-refractivity contribution in [1.29, 1.82) is 5.26 Å². The molecule has 0 fully saturated rings. The third-order valence-electron chi connectivity index (χ3n) is 2.75. The number of halogens is 4. The standard InChI is InChI=1S/C15H9F4NO/c1-9-2-4-11(13(16)6-9)12-5-3-10(8-20)7-14(12)21-15(17,18)19/h2-7H,1H3. The zero-order valence-corrected chi connectivity index (χ0v) is 10.8. The number of rotatable bonds is 2. The van der Waals surface area contributed by atoms with Gasteiger partial charge in [-0.1, -0.05) is 12.1 Å². The maximum absolute atomic E-state index is 13.9. The van der Waals surface area contributed by atoms with Gasteiger partial charge < -0.3 is 4.74 Å². The second kappa shape index (κ2) is 5.44. The van der Waals surface area contributed by atoms with Crippen molar-refractivity contribution in [1.82, 2.24) is 0 Å². The lowest BCUT2D eigenvalue weighted by Crippen LogP contribution is -2.17. The van der Waals surface area contributed by atoms with Crippen molar-refractivity contribution >= 4 is 0 Å². The molecule has 0 unspecified atom stereocenters. The van der Waals surface area contributed by atoms with Crippen LogP contribution in [0.5, 0.6) is 5.75 Å². The van der Waals surface area contributed by atoms with Crippen molar-refractivity contribution in [2.24, 2.45) is 0 Å². The molecule has 2 aromatic carbocycles. The summed E-state index contributed by atoms with van der Waals surface area (Å²) in [6, 6.07) is 9.34. The first-order chi connectivity index (χ1) is 9.80. The van der Waals surface area contributed by atoms with Gasteiger partial charge >= 0.3 is 6.36 Å². The Morgan fingerprint density at radius 1 is 1.05 bits per heavy atom. The lowest BCUT2D eigenvalue weighted by molar-refractivity contribution is -0.274. The van der Waals surface area contributed by atoms with Crippen LogP contribution in [-0.2, 0) is 0 Å². The van der Waals surface area contributed by atoms with Gasteiger partial charge in [-0.15, -0.1) is 13.2 Å². The summed E-state index contributed by atoms with van der Waals surface area (Å²) in [6.07, 6.45) is -4.93. The molecule has 21 heavy (non-hydrogen) atoms. The van der Waals surface area contributed by atoms with Gasteiger partial charge in [0.05, 0.1) is 11.6 Å². The Labute approximate surface area is 118 Å². The molecule has 0 aromatic heterocycles. The van der Waals surface area contributed by atoms with Crippen molar-refractivity contribution in [3.63, 3.8) is 0 Å². The Morgan fingerprint density at radius 2 is 1.71 bits per heavy atom. The maximum atomic E-state index is 13.9. The molecule has 0 aliphatic heterocycles. The van der Waals surface area contributed by atoms with Gasteiger partial charge in [0.25, 0.3) is 0 Å². The average molecular weight is 295 g/mol. The zero-order chi connectivity index (χ0) is 15.6. The topological polar surface area (TPSA) is 33.0 Å². The van der Waals surface area contributed by atoms with Gasteiger partial charge in [0.1, 0.15) is 11.6 Å². The van der Waals surface area contributed by atoms with Crippen molar-refractivity contribution in [3.05, 3.63) is 53.3 Å². The molecule has 0 amide bonds. The van der Waals surface area contributed by atoms with Crippen LogP contribution >= 0.6 is 0 Å². The zero-order valence-electron chi connectivity index (χ0n) is 10.8. The number of nitriles is 1. The molecule has 0 heterocycles. The van der Waals surface area contributed by atoms with E-state index in [1.807, 2.05) is 0 Å². The summed E-state index contributed by atoms with van der Waals surface area (Å²) in [7, 11) is 0. The van der Waals surface area contributed by atoms with Gasteiger partial charge in [-0.05, 0) is 36.8 Å². The molecule has 0 spiro atoms. The fraction of sp³-hybridized carbons (Fsp3) is 0.133. The highest BCUT2D eigenvalue weighted by Crippen LogP contribution is 2.36. The van der Waals surface area contributed by atoms with E-state index in [0.29, 0.717) is 5.56 Å². The van der Waals surface area contributed by atoms with E-state index in [1.165, 1.54) is 24.3 Å². The minimum absolute atomic E-state index is 0.00878. The minimum Gasteiger partial charge on any atom is -0.405 e. The predicted octanol–water partition coefficient (Wildman–Crippen LogP) is 4.57. The lowest BCUT2D eigenvalue weighted by Gasteiger charge is -2.14. The van der Waals surface area contributed by atoms with Crippen molar-refractivity contribution in [3.8, 4) is 22.9 Å². The summed E-state index contributed by atoms with van der Waals surface area (Å²) in [5, 5.41) is 8.75. The van der Waals surface area contributed by atoms with E-state index in [4.69, 9.17) is 5.26 Å². The Balaban J connectivity index is 2.59. The van der Waals surface area contributed by atoms with E-state index in [1.54, 1.807) is 19.1 Å². The minimum atomic E-state index is -4.93. The normalized spacial score (nSPS) is 11.0. The third kappa shape index (κ3) is 3.51. The molecule has 0 N–H and O–H groups in total. The summed E-state index contributed by atoms with van der Waals surface area (Å²) >= 11 is 0. The van der Waals surface area contributed by atoms with Crippen LogP contribution in [0.25, 0.3) is 11.1 Å². The lowest BCUT2D eigenvalue weighted by atomic mass is 10.0. The van der Waals surface area contributed by atoms with Gasteiger partial charge in [0.15, 0.2) is 0 Å². The van der Waals surface area contributed by atoms with E-state index < -0.39 is 17.9 Å². The number of aryl methyl sites for hydroxylation is 1. The van der Waals surface area contributed by atoms with Crippen molar-refractivity contribution < 1.29 is 22.3 Å². The Hall–Kier alpha value is -2.55. The van der Waals surface area contributed by atoms with Gasteiger partial charge in [0, 0.05) is 11.1 Å². The van der Waals surface area contributed by atoms with Crippen LogP contribution in [0.4, 0.5) is 17.6 Å². The average Bonchev–Trinajstić information content (AvgIpc) is 2.37. The molecule has 2 rings (SSSR count). The maximum Gasteiger partial charge on any atom is 0.573 e. The first kappa shape index (κ1) is 14.9. The highest BCUT2D eigenvalue weighted by molar-refractivity contribution is 5.72. The largest absolute Gasteiger partial charge is 0.573 e. The predicted molar refractivity (Wildman–Crippen MR) is 68.0 cm³/mol. The molecule has 0 radical (unpaired) electrons. The number of benzene rings is 2. The second-order valence-corrected chi connectivity index (χ2v) is 4.35. The molecular formula is C15H9F4NO. The van der Waals surface area contributed by atoms with Crippen LogP contribution < -0.4 is 4.74 Å². The number of alkyl halides is 3. The summed E-state index contributed by atoms with van der Waals surface area (Å²) in [5.41, 5.74) is 0.543. The van der Waals surface area contributed by atoms with Gasteiger partial charge in [-0.25, -0.2) is 4.39 Å². The molecule has 2 nitrogen and oxygen atoms in total. The van der Waals surface area contributed by atoms with Gasteiger partial charge in [-0.3, -0.25) is 0 Å². The summed E-state index contributed by atoms with van der Waals surface area (Å²) in [5.74, 6) is -1.27. The first-order valence-corrected chi connectivity index (χ1v) is 5.86. The molecule has 0 saturated heterocycles. The number of nitrogens with zero attached hydrogens (tertiary/aromatic N) is 1. The van der Waals surface area contributed by atoms with E-state index >= 15 is 0 Å². The van der Waals surface area contributed by atoms with E-state index in [9.17, 15) is 17.6 Å². The fourth-order valence-corrected chi connectivity index (χ4v) is 1.86. The summed E-state index contributed by atoms with van der Waals surface area (Å²) in [4.78, 5) is 0. The highest BCUT2D eigenvalue weighted by atomic mass is 19.4. The molecular weight excluding hydrogens is 286 g/mol. The van der Waals surface area contributed by atoms with Crippen LogP contribution in [0.1, 0.15) is 11.1 Å². The number of hydrogen-bond donors (Lipinski definition) is 0. The van der Waals surface area contributed by atoms with Crippen molar-refractivity contribution in [2.45, 2.75) is 13.3 Å². The molecule has 0 aliphatic rings. The molecule has 0 saturated carbocycles. The van der Waals surface area contributed by atoms with Gasteiger partial charge in [0.2, 0.25) is 0 Å². The van der Waals surface area contributed by atoms with Gasteiger partial charge in [-0.2, -0.15) is 5.26 Å². The van der Waals surface area contributed by atoms with Crippen molar-refractivity contribution in [2.75, 3.05) is 0 Å². The van der Waals surface area contributed by atoms with E-state index in [-0.39, 0.29) is 16.7 Å². The monoisotopic (exact) mass is 295 g/mol. The quantitative estimate of drug-likeness (QED) is 0.760. The molecule has 0 bridgehead atoms. The van der Waals surface area contributed by atoms with Crippen LogP contribution in [0.2, 0.25) is 0 Å². The molecule has 108 valence electrons.